The topological polar surface area (TPSA) is 76.1 Å². The molecule has 0 saturated heterocycles. The molecule has 0 bridgehead atoms. The van der Waals surface area contributed by atoms with Crippen molar-refractivity contribution in [3.63, 3.8) is 0 Å². The fourth-order valence-electron chi connectivity index (χ4n) is 1.91. The minimum absolute atomic E-state index is 0.0227. The number of sulfonamides is 1. The average molecular weight is 322 g/mol. The van der Waals surface area contributed by atoms with Crippen LogP contribution in [0, 0.1) is 5.82 Å². The molecule has 0 saturated carbocycles. The molecule has 7 heteroatoms. The van der Waals surface area contributed by atoms with Gasteiger partial charge in [-0.25, -0.2) is 17.5 Å². The monoisotopic (exact) mass is 322 g/mol. The number of pyridine rings is 1. The van der Waals surface area contributed by atoms with Gasteiger partial charge in [-0.15, -0.1) is 0 Å². The summed E-state index contributed by atoms with van der Waals surface area (Å²) in [5.74, 6) is -0.691. The van der Waals surface area contributed by atoms with Gasteiger partial charge in [-0.05, 0) is 43.3 Å². The first-order valence-corrected chi connectivity index (χ1v) is 8.08. The SMILES string of the molecule is C[C@H](CC(=O)c1ccc(F)cc1)NS(=O)(=O)c1cccnc1. The number of Topliss-reactive ketones (excluding diaryl/α,β-unsaturated/α-hetero) is 1. The summed E-state index contributed by atoms with van der Waals surface area (Å²) in [6.45, 7) is 1.59. The van der Waals surface area contributed by atoms with Crippen LogP contribution < -0.4 is 4.72 Å². The zero-order chi connectivity index (χ0) is 16.2. The van der Waals surface area contributed by atoms with Crippen LogP contribution in [0.25, 0.3) is 0 Å². The van der Waals surface area contributed by atoms with E-state index in [-0.39, 0.29) is 17.1 Å². The van der Waals surface area contributed by atoms with Crippen LogP contribution >= 0.6 is 0 Å². The van der Waals surface area contributed by atoms with Crippen molar-refractivity contribution in [1.82, 2.24) is 9.71 Å². The van der Waals surface area contributed by atoms with Crippen LogP contribution in [0.4, 0.5) is 4.39 Å². The summed E-state index contributed by atoms with van der Waals surface area (Å²) < 4.78 is 39.4. The maximum Gasteiger partial charge on any atom is 0.242 e. The molecule has 1 atom stereocenters. The van der Waals surface area contributed by atoms with Crippen LogP contribution in [0.3, 0.4) is 0 Å². The van der Waals surface area contributed by atoms with Gasteiger partial charge in [0, 0.05) is 30.4 Å². The molecular weight excluding hydrogens is 307 g/mol. The standard InChI is InChI=1S/C15H15FN2O3S/c1-11(9-15(19)12-4-6-13(16)7-5-12)18-22(20,21)14-3-2-8-17-10-14/h2-8,10-11,18H,9H2,1H3/t11-/m1/s1. The maximum atomic E-state index is 12.8. The number of nitrogens with one attached hydrogen (secondary N) is 1. The Morgan fingerprint density at radius 3 is 2.55 bits per heavy atom. The van der Waals surface area contributed by atoms with Crippen LogP contribution in [0.15, 0.2) is 53.7 Å². The van der Waals surface area contributed by atoms with Gasteiger partial charge >= 0.3 is 0 Å². The van der Waals surface area contributed by atoms with E-state index >= 15 is 0 Å². The van der Waals surface area contributed by atoms with Gasteiger partial charge in [-0.2, -0.15) is 0 Å². The molecule has 2 rings (SSSR count). The highest BCUT2D eigenvalue weighted by Crippen LogP contribution is 2.11. The lowest BCUT2D eigenvalue weighted by Crippen LogP contribution is -2.34. The number of carbonyl (C=O) groups is 1. The van der Waals surface area contributed by atoms with E-state index in [4.69, 9.17) is 0 Å². The number of benzene rings is 1. The van der Waals surface area contributed by atoms with E-state index in [1.807, 2.05) is 0 Å². The molecule has 1 aromatic carbocycles. The number of hydrogen-bond acceptors (Lipinski definition) is 4. The molecule has 1 heterocycles. The Kier molecular flexibility index (Phi) is 4.99. The summed E-state index contributed by atoms with van der Waals surface area (Å²) in [4.78, 5) is 15.8. The van der Waals surface area contributed by atoms with Crippen LogP contribution in [0.2, 0.25) is 0 Å². The van der Waals surface area contributed by atoms with Crippen LogP contribution in [-0.4, -0.2) is 25.2 Å². The van der Waals surface area contributed by atoms with Crippen LogP contribution in [-0.2, 0) is 10.0 Å². The molecule has 1 N–H and O–H groups in total. The zero-order valence-corrected chi connectivity index (χ0v) is 12.7. The smallest absolute Gasteiger partial charge is 0.242 e. The summed E-state index contributed by atoms with van der Waals surface area (Å²) in [6.07, 6.45) is 2.68. The van der Waals surface area contributed by atoms with Crippen molar-refractivity contribution >= 4 is 15.8 Å². The predicted octanol–water partition coefficient (Wildman–Crippen LogP) is 2.16. The molecular formula is C15H15FN2O3S. The zero-order valence-electron chi connectivity index (χ0n) is 11.9. The Morgan fingerprint density at radius 1 is 1.27 bits per heavy atom. The number of rotatable bonds is 6. The normalized spacial score (nSPS) is 12.8. The lowest BCUT2D eigenvalue weighted by Gasteiger charge is -2.13. The van der Waals surface area contributed by atoms with E-state index in [1.165, 1.54) is 48.8 Å². The quantitative estimate of drug-likeness (QED) is 0.827. The molecule has 0 spiro atoms. The first kappa shape index (κ1) is 16.3. The predicted molar refractivity (Wildman–Crippen MR) is 79.4 cm³/mol. The largest absolute Gasteiger partial charge is 0.294 e. The number of nitrogens with zero attached hydrogens (tertiary/aromatic N) is 1. The van der Waals surface area contributed by atoms with Gasteiger partial charge in [0.2, 0.25) is 10.0 Å². The van der Waals surface area contributed by atoms with Gasteiger partial charge in [0.05, 0.1) is 0 Å². The lowest BCUT2D eigenvalue weighted by molar-refractivity contribution is 0.0975. The minimum atomic E-state index is -3.72. The van der Waals surface area contributed by atoms with Crippen molar-refractivity contribution in [1.29, 1.82) is 0 Å². The molecule has 0 unspecified atom stereocenters. The molecule has 116 valence electrons. The fourth-order valence-corrected chi connectivity index (χ4v) is 3.12. The number of aromatic nitrogens is 1. The van der Waals surface area contributed by atoms with E-state index in [2.05, 4.69) is 9.71 Å². The first-order chi connectivity index (χ1) is 10.4. The summed E-state index contributed by atoms with van der Waals surface area (Å²) >= 11 is 0. The summed E-state index contributed by atoms with van der Waals surface area (Å²) in [5, 5.41) is 0. The van der Waals surface area contributed by atoms with Gasteiger partial charge < -0.3 is 0 Å². The second-order valence-corrected chi connectivity index (χ2v) is 6.56. The van der Waals surface area contributed by atoms with Crippen molar-refractivity contribution < 1.29 is 17.6 Å². The molecule has 0 amide bonds. The fraction of sp³-hybridized carbons (Fsp3) is 0.200. The van der Waals surface area contributed by atoms with E-state index in [0.29, 0.717) is 5.56 Å². The molecule has 22 heavy (non-hydrogen) atoms. The number of hydrogen-bond donors (Lipinski definition) is 1. The van der Waals surface area contributed by atoms with E-state index in [1.54, 1.807) is 6.92 Å². The third kappa shape index (κ3) is 4.19. The summed E-state index contributed by atoms with van der Waals surface area (Å²) in [7, 11) is -3.72. The Hall–Kier alpha value is -2.12. The third-order valence-electron chi connectivity index (χ3n) is 2.96. The van der Waals surface area contributed by atoms with Gasteiger partial charge in [-0.3, -0.25) is 9.78 Å². The highest BCUT2D eigenvalue weighted by molar-refractivity contribution is 7.89. The molecule has 0 radical (unpaired) electrons. The van der Waals surface area contributed by atoms with Crippen molar-refractivity contribution in [3.8, 4) is 0 Å². The number of ketones is 1. The minimum Gasteiger partial charge on any atom is -0.294 e. The van der Waals surface area contributed by atoms with Gasteiger partial charge in [0.1, 0.15) is 10.7 Å². The first-order valence-electron chi connectivity index (χ1n) is 6.59. The van der Waals surface area contributed by atoms with Gasteiger partial charge in [-0.1, -0.05) is 0 Å². The highest BCUT2D eigenvalue weighted by Gasteiger charge is 2.19. The maximum absolute atomic E-state index is 12.8. The Bertz CT molecular complexity index is 746. The molecule has 0 fully saturated rings. The van der Waals surface area contributed by atoms with Crippen molar-refractivity contribution in [2.24, 2.45) is 0 Å². The average Bonchev–Trinajstić information content (AvgIpc) is 2.48. The Labute approximate surface area is 128 Å². The highest BCUT2D eigenvalue weighted by atomic mass is 32.2. The summed E-state index contributed by atoms with van der Waals surface area (Å²) in [6, 6.07) is 7.48. The second-order valence-electron chi connectivity index (χ2n) is 4.85. The Morgan fingerprint density at radius 2 is 1.95 bits per heavy atom. The second kappa shape index (κ2) is 6.76. The third-order valence-corrected chi connectivity index (χ3v) is 4.53. The molecule has 0 aliphatic carbocycles. The van der Waals surface area contributed by atoms with Gasteiger partial charge in [0.25, 0.3) is 0 Å². The summed E-state index contributed by atoms with van der Waals surface area (Å²) in [5.41, 5.74) is 0.342. The molecule has 0 aliphatic heterocycles. The Balaban J connectivity index is 2.02. The molecule has 5 nitrogen and oxygen atoms in total. The van der Waals surface area contributed by atoms with Crippen molar-refractivity contribution in [2.75, 3.05) is 0 Å². The number of halogens is 1. The molecule has 2 aromatic rings. The van der Waals surface area contributed by atoms with Crippen LogP contribution in [0.1, 0.15) is 23.7 Å². The van der Waals surface area contributed by atoms with Crippen molar-refractivity contribution in [2.45, 2.75) is 24.3 Å². The molecule has 1 aromatic heterocycles. The van der Waals surface area contributed by atoms with Gasteiger partial charge in [0.15, 0.2) is 5.78 Å². The molecule has 0 aliphatic rings. The lowest BCUT2D eigenvalue weighted by atomic mass is 10.1. The van der Waals surface area contributed by atoms with Crippen LogP contribution in [0.5, 0.6) is 0 Å². The van der Waals surface area contributed by atoms with E-state index in [0.717, 1.165) is 0 Å². The van der Waals surface area contributed by atoms with E-state index in [9.17, 15) is 17.6 Å². The van der Waals surface area contributed by atoms with Crippen molar-refractivity contribution in [3.05, 3.63) is 60.2 Å². The number of carbonyl (C=O) groups excluding carboxylic acids is 1. The van der Waals surface area contributed by atoms with E-state index < -0.39 is 21.9 Å².